The lowest BCUT2D eigenvalue weighted by Gasteiger charge is -2.07. The first-order valence-corrected chi connectivity index (χ1v) is 4.23. The summed E-state index contributed by atoms with van der Waals surface area (Å²) in [6.45, 7) is 4.23. The molecule has 0 aromatic heterocycles. The second-order valence-electron chi connectivity index (χ2n) is 3.10. The van der Waals surface area contributed by atoms with Gasteiger partial charge >= 0.3 is 0 Å². The molecule has 0 atom stereocenters. The molecule has 0 heterocycles. The summed E-state index contributed by atoms with van der Waals surface area (Å²) in [7, 11) is 0. The van der Waals surface area contributed by atoms with E-state index in [-0.39, 0.29) is 5.91 Å². The van der Waals surface area contributed by atoms with Crippen LogP contribution >= 0.6 is 0 Å². The molecule has 0 aromatic carbocycles. The van der Waals surface area contributed by atoms with Crippen LogP contribution in [-0.2, 0) is 4.79 Å². The van der Waals surface area contributed by atoms with Gasteiger partial charge in [-0.3, -0.25) is 4.79 Å². The lowest BCUT2D eigenvalue weighted by molar-refractivity contribution is -0.116. The SMILES string of the molecule is C=CC(=O)NCC1CCCC1. The van der Waals surface area contributed by atoms with Crippen molar-refractivity contribution in [3.05, 3.63) is 12.7 Å². The van der Waals surface area contributed by atoms with E-state index >= 15 is 0 Å². The largest absolute Gasteiger partial charge is 0.352 e. The van der Waals surface area contributed by atoms with E-state index in [0.29, 0.717) is 0 Å². The second-order valence-corrected chi connectivity index (χ2v) is 3.10. The van der Waals surface area contributed by atoms with E-state index in [1.54, 1.807) is 0 Å². The van der Waals surface area contributed by atoms with E-state index in [9.17, 15) is 4.79 Å². The number of amides is 1. The quantitative estimate of drug-likeness (QED) is 0.611. The van der Waals surface area contributed by atoms with E-state index in [1.807, 2.05) is 0 Å². The minimum absolute atomic E-state index is 0.0445. The minimum Gasteiger partial charge on any atom is -0.352 e. The van der Waals surface area contributed by atoms with Gasteiger partial charge in [0.25, 0.3) is 0 Å². The topological polar surface area (TPSA) is 29.1 Å². The Hall–Kier alpha value is -0.790. The summed E-state index contributed by atoms with van der Waals surface area (Å²) in [5, 5.41) is 2.82. The van der Waals surface area contributed by atoms with Crippen LogP contribution in [-0.4, -0.2) is 12.5 Å². The highest BCUT2D eigenvalue weighted by atomic mass is 16.1. The third kappa shape index (κ3) is 2.74. The summed E-state index contributed by atoms with van der Waals surface area (Å²) >= 11 is 0. The van der Waals surface area contributed by atoms with Gasteiger partial charge in [-0.25, -0.2) is 0 Å². The van der Waals surface area contributed by atoms with Gasteiger partial charge in [0, 0.05) is 6.54 Å². The first-order chi connectivity index (χ1) is 5.33. The smallest absolute Gasteiger partial charge is 0.243 e. The Labute approximate surface area is 67.7 Å². The van der Waals surface area contributed by atoms with E-state index < -0.39 is 0 Å². The van der Waals surface area contributed by atoms with Gasteiger partial charge in [-0.1, -0.05) is 19.4 Å². The fourth-order valence-electron chi connectivity index (χ4n) is 1.53. The number of rotatable bonds is 3. The van der Waals surface area contributed by atoms with Crippen LogP contribution in [0.3, 0.4) is 0 Å². The third-order valence-electron chi connectivity index (χ3n) is 2.23. The highest BCUT2D eigenvalue weighted by molar-refractivity contribution is 5.86. The van der Waals surface area contributed by atoms with Crippen LogP contribution < -0.4 is 5.32 Å². The van der Waals surface area contributed by atoms with Crippen molar-refractivity contribution in [2.45, 2.75) is 25.7 Å². The Bertz CT molecular complexity index is 148. The third-order valence-corrected chi connectivity index (χ3v) is 2.23. The minimum atomic E-state index is -0.0445. The van der Waals surface area contributed by atoms with Gasteiger partial charge < -0.3 is 5.32 Å². The molecule has 2 heteroatoms. The van der Waals surface area contributed by atoms with Gasteiger partial charge in [0.1, 0.15) is 0 Å². The molecule has 1 amide bonds. The van der Waals surface area contributed by atoms with Crippen molar-refractivity contribution in [3.63, 3.8) is 0 Å². The Morgan fingerprint density at radius 2 is 2.18 bits per heavy atom. The molecular weight excluding hydrogens is 138 g/mol. The number of carbonyl (C=O) groups excluding carboxylic acids is 1. The van der Waals surface area contributed by atoms with Crippen molar-refractivity contribution >= 4 is 5.91 Å². The van der Waals surface area contributed by atoms with Crippen LogP contribution in [0.2, 0.25) is 0 Å². The predicted molar refractivity (Wildman–Crippen MR) is 45.2 cm³/mol. The Morgan fingerprint density at radius 1 is 1.55 bits per heavy atom. The Morgan fingerprint density at radius 3 is 2.73 bits per heavy atom. The molecule has 0 unspecified atom stereocenters. The van der Waals surface area contributed by atoms with Crippen LogP contribution in [0.25, 0.3) is 0 Å². The summed E-state index contributed by atoms with van der Waals surface area (Å²) in [5.41, 5.74) is 0. The Kier molecular flexibility index (Phi) is 3.14. The molecule has 1 aliphatic carbocycles. The fourth-order valence-corrected chi connectivity index (χ4v) is 1.53. The summed E-state index contributed by atoms with van der Waals surface area (Å²) in [6, 6.07) is 0. The van der Waals surface area contributed by atoms with E-state index in [4.69, 9.17) is 0 Å². The van der Waals surface area contributed by atoms with Crippen molar-refractivity contribution in [2.24, 2.45) is 5.92 Å². The normalized spacial score (nSPS) is 18.2. The molecule has 1 fully saturated rings. The zero-order chi connectivity index (χ0) is 8.10. The van der Waals surface area contributed by atoms with Crippen molar-refractivity contribution in [2.75, 3.05) is 6.54 Å². The van der Waals surface area contributed by atoms with Gasteiger partial charge in [-0.15, -0.1) is 0 Å². The zero-order valence-electron chi connectivity index (χ0n) is 6.81. The van der Waals surface area contributed by atoms with Gasteiger partial charge in [-0.2, -0.15) is 0 Å². The van der Waals surface area contributed by atoms with Crippen molar-refractivity contribution < 1.29 is 4.79 Å². The summed E-state index contributed by atoms with van der Waals surface area (Å²) in [4.78, 5) is 10.7. The molecule has 62 valence electrons. The Balaban J connectivity index is 2.10. The molecule has 2 nitrogen and oxygen atoms in total. The predicted octanol–water partition coefficient (Wildman–Crippen LogP) is 1.48. The molecule has 0 aromatic rings. The lowest BCUT2D eigenvalue weighted by Crippen LogP contribution is -2.26. The standard InChI is InChI=1S/C9H15NO/c1-2-9(11)10-7-8-5-3-4-6-8/h2,8H,1,3-7H2,(H,10,11). The first kappa shape index (κ1) is 8.31. The fraction of sp³-hybridized carbons (Fsp3) is 0.667. The summed E-state index contributed by atoms with van der Waals surface area (Å²) < 4.78 is 0. The van der Waals surface area contributed by atoms with E-state index in [0.717, 1.165) is 12.5 Å². The van der Waals surface area contributed by atoms with Gasteiger partial charge in [0.2, 0.25) is 5.91 Å². The monoisotopic (exact) mass is 153 g/mol. The van der Waals surface area contributed by atoms with Crippen LogP contribution in [0, 0.1) is 5.92 Å². The molecule has 1 saturated carbocycles. The number of nitrogens with one attached hydrogen (secondary N) is 1. The van der Waals surface area contributed by atoms with Gasteiger partial charge in [0.15, 0.2) is 0 Å². The molecule has 11 heavy (non-hydrogen) atoms. The average Bonchev–Trinajstić information content (AvgIpc) is 2.52. The van der Waals surface area contributed by atoms with Gasteiger partial charge in [-0.05, 0) is 24.8 Å². The molecule has 0 saturated heterocycles. The molecular formula is C9H15NO. The molecule has 1 aliphatic rings. The highest BCUT2D eigenvalue weighted by Gasteiger charge is 2.14. The van der Waals surface area contributed by atoms with E-state index in [2.05, 4.69) is 11.9 Å². The number of carbonyl (C=O) groups is 1. The maximum Gasteiger partial charge on any atom is 0.243 e. The lowest BCUT2D eigenvalue weighted by atomic mass is 10.1. The molecule has 0 aliphatic heterocycles. The molecule has 0 spiro atoms. The van der Waals surface area contributed by atoms with Gasteiger partial charge in [0.05, 0.1) is 0 Å². The van der Waals surface area contributed by atoms with Crippen molar-refractivity contribution in [3.8, 4) is 0 Å². The molecule has 1 N–H and O–H groups in total. The van der Waals surface area contributed by atoms with Crippen molar-refractivity contribution in [1.29, 1.82) is 0 Å². The molecule has 0 bridgehead atoms. The van der Waals surface area contributed by atoms with Crippen LogP contribution in [0.4, 0.5) is 0 Å². The highest BCUT2D eigenvalue weighted by Crippen LogP contribution is 2.23. The van der Waals surface area contributed by atoms with Crippen LogP contribution in [0.1, 0.15) is 25.7 Å². The molecule has 0 radical (unpaired) electrons. The maximum absolute atomic E-state index is 10.7. The number of hydrogen-bond donors (Lipinski definition) is 1. The maximum atomic E-state index is 10.7. The molecule has 1 rings (SSSR count). The summed E-state index contributed by atoms with van der Waals surface area (Å²) in [5.74, 6) is 0.677. The van der Waals surface area contributed by atoms with Crippen LogP contribution in [0.5, 0.6) is 0 Å². The van der Waals surface area contributed by atoms with Crippen molar-refractivity contribution in [1.82, 2.24) is 5.32 Å². The van der Waals surface area contributed by atoms with Crippen LogP contribution in [0.15, 0.2) is 12.7 Å². The number of hydrogen-bond acceptors (Lipinski definition) is 1. The first-order valence-electron chi connectivity index (χ1n) is 4.23. The average molecular weight is 153 g/mol. The second kappa shape index (κ2) is 4.16. The van der Waals surface area contributed by atoms with E-state index in [1.165, 1.54) is 31.8 Å². The summed E-state index contributed by atoms with van der Waals surface area (Å²) in [6.07, 6.45) is 6.53. The zero-order valence-corrected chi connectivity index (χ0v) is 6.81.